The van der Waals surface area contributed by atoms with Crippen LogP contribution < -0.4 is 4.74 Å². The SMILES string of the molecule is Cc1cc(I)c(Oc2ccc(O)c(-c3ccccc3)c2)c(I)c1. The van der Waals surface area contributed by atoms with Gasteiger partial charge in [-0.3, -0.25) is 0 Å². The van der Waals surface area contributed by atoms with Crippen LogP contribution in [0.25, 0.3) is 11.1 Å². The van der Waals surface area contributed by atoms with E-state index in [0.717, 1.165) is 24.0 Å². The molecule has 0 unspecified atom stereocenters. The van der Waals surface area contributed by atoms with E-state index in [0.29, 0.717) is 5.75 Å². The van der Waals surface area contributed by atoms with Gasteiger partial charge in [-0.25, -0.2) is 0 Å². The monoisotopic (exact) mass is 528 g/mol. The molecule has 116 valence electrons. The predicted molar refractivity (Wildman–Crippen MR) is 110 cm³/mol. The Balaban J connectivity index is 2.00. The third kappa shape index (κ3) is 3.80. The van der Waals surface area contributed by atoms with Crippen LogP contribution in [0.15, 0.2) is 60.7 Å². The molecular weight excluding hydrogens is 514 g/mol. The van der Waals surface area contributed by atoms with Crippen LogP contribution in [0, 0.1) is 14.1 Å². The minimum atomic E-state index is 0.247. The van der Waals surface area contributed by atoms with Crippen molar-refractivity contribution in [3.05, 3.63) is 73.4 Å². The van der Waals surface area contributed by atoms with Crippen molar-refractivity contribution in [1.29, 1.82) is 0 Å². The summed E-state index contributed by atoms with van der Waals surface area (Å²) in [5.74, 6) is 1.81. The zero-order valence-corrected chi connectivity index (χ0v) is 16.7. The maximum absolute atomic E-state index is 10.1. The fraction of sp³-hybridized carbons (Fsp3) is 0.0526. The second-order valence-corrected chi connectivity index (χ2v) is 7.53. The first-order chi connectivity index (χ1) is 11.0. The second-order valence-electron chi connectivity index (χ2n) is 5.20. The molecule has 3 aromatic carbocycles. The number of ether oxygens (including phenoxy) is 1. The fourth-order valence-electron chi connectivity index (χ4n) is 2.33. The van der Waals surface area contributed by atoms with Crippen molar-refractivity contribution in [2.24, 2.45) is 0 Å². The molecule has 0 saturated heterocycles. The number of hydrogen-bond acceptors (Lipinski definition) is 2. The largest absolute Gasteiger partial charge is 0.507 e. The normalized spacial score (nSPS) is 10.6. The molecule has 0 heterocycles. The van der Waals surface area contributed by atoms with Gasteiger partial charge < -0.3 is 9.84 Å². The predicted octanol–water partition coefficient (Wildman–Crippen LogP) is 6.37. The van der Waals surface area contributed by atoms with E-state index in [2.05, 4.69) is 64.2 Å². The van der Waals surface area contributed by atoms with Gasteiger partial charge in [-0.1, -0.05) is 30.3 Å². The Labute approximate surface area is 162 Å². The first kappa shape index (κ1) is 16.6. The average Bonchev–Trinajstić information content (AvgIpc) is 2.53. The van der Waals surface area contributed by atoms with Crippen molar-refractivity contribution in [3.8, 4) is 28.4 Å². The molecule has 3 rings (SSSR count). The lowest BCUT2D eigenvalue weighted by atomic mass is 10.0. The van der Waals surface area contributed by atoms with Gasteiger partial charge in [0.05, 0.1) is 7.14 Å². The quantitative estimate of drug-likeness (QED) is 0.401. The van der Waals surface area contributed by atoms with Gasteiger partial charge in [0.25, 0.3) is 0 Å². The molecule has 0 spiro atoms. The second kappa shape index (κ2) is 7.09. The third-order valence-electron chi connectivity index (χ3n) is 3.42. The Hall–Kier alpha value is -1.28. The van der Waals surface area contributed by atoms with Gasteiger partial charge in [0.1, 0.15) is 11.5 Å². The van der Waals surface area contributed by atoms with Gasteiger partial charge in [0, 0.05) is 5.56 Å². The molecule has 0 aromatic heterocycles. The van der Waals surface area contributed by atoms with Gasteiger partial charge in [-0.2, -0.15) is 0 Å². The highest BCUT2D eigenvalue weighted by atomic mass is 127. The molecule has 3 aromatic rings. The van der Waals surface area contributed by atoms with Gasteiger partial charge in [-0.05, 0) is 93.6 Å². The number of aromatic hydroxyl groups is 1. The van der Waals surface area contributed by atoms with Crippen LogP contribution >= 0.6 is 45.2 Å². The number of hydrogen-bond donors (Lipinski definition) is 1. The topological polar surface area (TPSA) is 29.5 Å². The summed E-state index contributed by atoms with van der Waals surface area (Å²) in [6, 6.07) is 19.3. The molecule has 0 aliphatic carbocycles. The molecule has 0 aliphatic heterocycles. The lowest BCUT2D eigenvalue weighted by molar-refractivity contribution is 0.463. The van der Waals surface area contributed by atoms with Gasteiger partial charge in [0.15, 0.2) is 5.75 Å². The number of aryl methyl sites for hydroxylation is 1. The molecule has 0 saturated carbocycles. The van der Waals surface area contributed by atoms with Crippen LogP contribution in [0.3, 0.4) is 0 Å². The van der Waals surface area contributed by atoms with E-state index < -0.39 is 0 Å². The maximum Gasteiger partial charge on any atom is 0.154 e. The molecule has 0 fully saturated rings. The Kier molecular flexibility index (Phi) is 5.11. The van der Waals surface area contributed by atoms with Crippen LogP contribution in [-0.4, -0.2) is 5.11 Å². The summed E-state index contributed by atoms with van der Waals surface area (Å²) in [5, 5.41) is 10.1. The summed E-state index contributed by atoms with van der Waals surface area (Å²) in [6.45, 7) is 2.07. The molecule has 0 aliphatic rings. The number of phenols is 1. The molecule has 1 N–H and O–H groups in total. The summed E-state index contributed by atoms with van der Waals surface area (Å²) in [5.41, 5.74) is 2.94. The highest BCUT2D eigenvalue weighted by Gasteiger charge is 2.11. The third-order valence-corrected chi connectivity index (χ3v) is 5.02. The van der Waals surface area contributed by atoms with Crippen molar-refractivity contribution in [3.63, 3.8) is 0 Å². The van der Waals surface area contributed by atoms with E-state index >= 15 is 0 Å². The van der Waals surface area contributed by atoms with Gasteiger partial charge in [-0.15, -0.1) is 0 Å². The zero-order valence-electron chi connectivity index (χ0n) is 12.4. The molecular formula is C19H14I2O2. The highest BCUT2D eigenvalue weighted by Crippen LogP contribution is 2.37. The van der Waals surface area contributed by atoms with Crippen molar-refractivity contribution >= 4 is 45.2 Å². The summed E-state index contributed by atoms with van der Waals surface area (Å²) >= 11 is 4.57. The lowest BCUT2D eigenvalue weighted by Crippen LogP contribution is -1.92. The van der Waals surface area contributed by atoms with Crippen molar-refractivity contribution in [2.45, 2.75) is 6.92 Å². The van der Waals surface area contributed by atoms with Crippen molar-refractivity contribution in [2.75, 3.05) is 0 Å². The molecule has 0 atom stereocenters. The van der Waals surface area contributed by atoms with E-state index in [9.17, 15) is 5.11 Å². The minimum Gasteiger partial charge on any atom is -0.507 e. The van der Waals surface area contributed by atoms with E-state index in [4.69, 9.17) is 4.74 Å². The molecule has 0 bridgehead atoms. The smallest absolute Gasteiger partial charge is 0.154 e. The Morgan fingerprint density at radius 3 is 2.17 bits per heavy atom. The lowest BCUT2D eigenvalue weighted by Gasteiger charge is -2.13. The average molecular weight is 528 g/mol. The van der Waals surface area contributed by atoms with Crippen molar-refractivity contribution < 1.29 is 9.84 Å². The number of rotatable bonds is 3. The minimum absolute atomic E-state index is 0.247. The van der Waals surface area contributed by atoms with Gasteiger partial charge in [0.2, 0.25) is 0 Å². The first-order valence-corrected chi connectivity index (χ1v) is 9.22. The fourth-order valence-corrected chi connectivity index (χ4v) is 4.63. The Morgan fingerprint density at radius 1 is 0.870 bits per heavy atom. The Morgan fingerprint density at radius 2 is 1.52 bits per heavy atom. The molecule has 23 heavy (non-hydrogen) atoms. The van der Waals surface area contributed by atoms with E-state index in [1.165, 1.54) is 5.56 Å². The molecule has 4 heteroatoms. The van der Waals surface area contributed by atoms with Crippen LogP contribution in [0.2, 0.25) is 0 Å². The standard InChI is InChI=1S/C19H14I2O2/c1-12-9-16(20)19(17(21)10-12)23-14-7-8-18(22)15(11-14)13-5-3-2-4-6-13/h2-11,22H,1H3. The highest BCUT2D eigenvalue weighted by molar-refractivity contribution is 14.1. The number of phenolic OH excluding ortho intramolecular Hbond substituents is 1. The number of benzene rings is 3. The van der Waals surface area contributed by atoms with Crippen LogP contribution in [-0.2, 0) is 0 Å². The molecule has 0 amide bonds. The van der Waals surface area contributed by atoms with E-state index in [1.807, 2.05) is 36.4 Å². The van der Waals surface area contributed by atoms with Gasteiger partial charge >= 0.3 is 0 Å². The van der Waals surface area contributed by atoms with E-state index in [-0.39, 0.29) is 5.75 Å². The summed E-state index contributed by atoms with van der Waals surface area (Å²) in [6.07, 6.45) is 0. The van der Waals surface area contributed by atoms with Crippen molar-refractivity contribution in [1.82, 2.24) is 0 Å². The van der Waals surface area contributed by atoms with Crippen LogP contribution in [0.5, 0.6) is 17.2 Å². The van der Waals surface area contributed by atoms with E-state index in [1.54, 1.807) is 12.1 Å². The zero-order chi connectivity index (χ0) is 16.4. The molecule has 2 nitrogen and oxygen atoms in total. The van der Waals surface area contributed by atoms with Crippen LogP contribution in [0.1, 0.15) is 5.56 Å². The molecule has 0 radical (unpaired) electrons. The Bertz CT molecular complexity index is 822. The maximum atomic E-state index is 10.1. The first-order valence-electron chi connectivity index (χ1n) is 7.06. The summed E-state index contributed by atoms with van der Waals surface area (Å²) < 4.78 is 8.23. The number of halogens is 2. The van der Waals surface area contributed by atoms with Crippen LogP contribution in [0.4, 0.5) is 0 Å². The summed E-state index contributed by atoms with van der Waals surface area (Å²) in [7, 11) is 0. The summed E-state index contributed by atoms with van der Waals surface area (Å²) in [4.78, 5) is 0.